The molecular formula is C12H10FNO2. The van der Waals surface area contributed by atoms with E-state index in [4.69, 9.17) is 5.11 Å². The number of carbonyl (C=O) groups is 1. The van der Waals surface area contributed by atoms with Gasteiger partial charge in [-0.15, -0.1) is 0 Å². The third-order valence-corrected chi connectivity index (χ3v) is 2.41. The minimum atomic E-state index is -1.02. The van der Waals surface area contributed by atoms with Crippen LogP contribution in [0.1, 0.15) is 10.5 Å². The molecule has 1 aromatic heterocycles. The lowest BCUT2D eigenvalue weighted by Gasteiger charge is -1.98. The van der Waals surface area contributed by atoms with Crippen molar-refractivity contribution in [3.63, 3.8) is 0 Å². The molecule has 1 N–H and O–H groups in total. The first kappa shape index (κ1) is 10.4. The molecular weight excluding hydrogens is 209 g/mol. The summed E-state index contributed by atoms with van der Waals surface area (Å²) in [5.74, 6) is -1.38. The number of carboxylic acid groups (broad SMARTS) is 1. The molecule has 0 aliphatic heterocycles. The second-order valence-electron chi connectivity index (χ2n) is 3.51. The Balaban J connectivity index is 2.54. The van der Waals surface area contributed by atoms with Gasteiger partial charge in [0.1, 0.15) is 11.5 Å². The summed E-state index contributed by atoms with van der Waals surface area (Å²) in [6.07, 6.45) is 1.60. The highest BCUT2D eigenvalue weighted by Gasteiger charge is 2.12. The third-order valence-electron chi connectivity index (χ3n) is 2.41. The van der Waals surface area contributed by atoms with Crippen molar-refractivity contribution >= 4 is 5.97 Å². The van der Waals surface area contributed by atoms with E-state index in [1.807, 2.05) is 0 Å². The van der Waals surface area contributed by atoms with Crippen LogP contribution in [0.5, 0.6) is 0 Å². The Bertz CT molecular complexity index is 546. The quantitative estimate of drug-likeness (QED) is 0.843. The van der Waals surface area contributed by atoms with Crippen LogP contribution >= 0.6 is 0 Å². The van der Waals surface area contributed by atoms with Crippen molar-refractivity contribution in [2.24, 2.45) is 7.05 Å². The van der Waals surface area contributed by atoms with Crippen molar-refractivity contribution in [2.75, 3.05) is 0 Å². The number of hydrogen-bond donors (Lipinski definition) is 1. The minimum absolute atomic E-state index is 0.137. The molecule has 2 rings (SSSR count). The van der Waals surface area contributed by atoms with Crippen LogP contribution in [0.2, 0.25) is 0 Å². The maximum atomic E-state index is 13.5. The zero-order chi connectivity index (χ0) is 11.7. The molecule has 2 aromatic rings. The summed E-state index contributed by atoms with van der Waals surface area (Å²) < 4.78 is 14.9. The molecule has 0 amide bonds. The Labute approximate surface area is 91.8 Å². The van der Waals surface area contributed by atoms with E-state index >= 15 is 0 Å². The van der Waals surface area contributed by atoms with Gasteiger partial charge in [-0.25, -0.2) is 9.18 Å². The summed E-state index contributed by atoms with van der Waals surface area (Å²) in [7, 11) is 1.62. The molecule has 0 aliphatic rings. The van der Waals surface area contributed by atoms with E-state index in [9.17, 15) is 9.18 Å². The number of aromatic nitrogens is 1. The highest BCUT2D eigenvalue weighted by molar-refractivity contribution is 5.88. The van der Waals surface area contributed by atoms with Crippen molar-refractivity contribution < 1.29 is 14.3 Å². The lowest BCUT2D eigenvalue weighted by atomic mass is 10.1. The fourth-order valence-corrected chi connectivity index (χ4v) is 1.62. The monoisotopic (exact) mass is 219 g/mol. The van der Waals surface area contributed by atoms with Crippen LogP contribution in [-0.4, -0.2) is 15.6 Å². The van der Waals surface area contributed by atoms with Crippen molar-refractivity contribution in [3.8, 4) is 11.1 Å². The van der Waals surface area contributed by atoms with Gasteiger partial charge in [0.15, 0.2) is 0 Å². The first-order valence-electron chi connectivity index (χ1n) is 4.74. The summed E-state index contributed by atoms with van der Waals surface area (Å²) in [6, 6.07) is 7.74. The standard InChI is InChI=1S/C12H10FNO2/c1-14-7-8(6-11(14)12(15)16)9-4-2-3-5-10(9)13/h2-7H,1H3,(H,15,16). The Kier molecular flexibility index (Phi) is 2.48. The fourth-order valence-electron chi connectivity index (χ4n) is 1.62. The van der Waals surface area contributed by atoms with Gasteiger partial charge in [0, 0.05) is 24.4 Å². The molecule has 0 radical (unpaired) electrons. The molecule has 82 valence electrons. The topological polar surface area (TPSA) is 42.2 Å². The van der Waals surface area contributed by atoms with Crippen LogP contribution in [0.15, 0.2) is 36.5 Å². The smallest absolute Gasteiger partial charge is 0.352 e. The van der Waals surface area contributed by atoms with Crippen molar-refractivity contribution in [2.45, 2.75) is 0 Å². The molecule has 0 spiro atoms. The molecule has 0 saturated carbocycles. The lowest BCUT2D eigenvalue weighted by molar-refractivity contribution is 0.0686. The van der Waals surface area contributed by atoms with Gasteiger partial charge in [0.2, 0.25) is 0 Å². The van der Waals surface area contributed by atoms with Gasteiger partial charge in [0.05, 0.1) is 0 Å². The molecule has 1 heterocycles. The average molecular weight is 219 g/mol. The highest BCUT2D eigenvalue weighted by atomic mass is 19.1. The van der Waals surface area contributed by atoms with E-state index < -0.39 is 5.97 Å². The maximum Gasteiger partial charge on any atom is 0.352 e. The minimum Gasteiger partial charge on any atom is -0.477 e. The summed E-state index contributed by atoms with van der Waals surface area (Å²) in [5, 5.41) is 8.88. The number of rotatable bonds is 2. The normalized spacial score (nSPS) is 10.4. The molecule has 0 bridgehead atoms. The molecule has 0 saturated heterocycles. The SMILES string of the molecule is Cn1cc(-c2ccccc2F)cc1C(=O)O. The largest absolute Gasteiger partial charge is 0.477 e. The Hall–Kier alpha value is -2.10. The molecule has 3 nitrogen and oxygen atoms in total. The van der Waals surface area contributed by atoms with Crippen LogP contribution in [0.25, 0.3) is 11.1 Å². The van der Waals surface area contributed by atoms with E-state index in [-0.39, 0.29) is 11.5 Å². The zero-order valence-electron chi connectivity index (χ0n) is 8.64. The zero-order valence-corrected chi connectivity index (χ0v) is 8.64. The van der Waals surface area contributed by atoms with Crippen molar-refractivity contribution in [1.82, 2.24) is 4.57 Å². The van der Waals surface area contributed by atoms with E-state index in [1.54, 1.807) is 31.4 Å². The van der Waals surface area contributed by atoms with Gasteiger partial charge in [-0.2, -0.15) is 0 Å². The number of benzene rings is 1. The predicted molar refractivity (Wildman–Crippen MR) is 57.8 cm³/mol. The summed E-state index contributed by atoms with van der Waals surface area (Å²) >= 11 is 0. The van der Waals surface area contributed by atoms with Gasteiger partial charge in [-0.05, 0) is 12.1 Å². The van der Waals surface area contributed by atoms with Crippen LogP contribution in [-0.2, 0) is 7.05 Å². The fraction of sp³-hybridized carbons (Fsp3) is 0.0833. The average Bonchev–Trinajstić information content (AvgIpc) is 2.61. The van der Waals surface area contributed by atoms with Crippen LogP contribution in [0.3, 0.4) is 0 Å². The van der Waals surface area contributed by atoms with Gasteiger partial charge < -0.3 is 9.67 Å². The first-order chi connectivity index (χ1) is 7.59. The Morgan fingerprint density at radius 1 is 1.38 bits per heavy atom. The second kappa shape index (κ2) is 3.81. The molecule has 16 heavy (non-hydrogen) atoms. The molecule has 0 fully saturated rings. The van der Waals surface area contributed by atoms with Gasteiger partial charge in [-0.1, -0.05) is 18.2 Å². The maximum absolute atomic E-state index is 13.5. The Morgan fingerprint density at radius 2 is 2.06 bits per heavy atom. The van der Waals surface area contributed by atoms with Gasteiger partial charge >= 0.3 is 5.97 Å². The van der Waals surface area contributed by atoms with Crippen molar-refractivity contribution in [1.29, 1.82) is 0 Å². The van der Waals surface area contributed by atoms with E-state index in [1.165, 1.54) is 16.7 Å². The number of carboxylic acids is 1. The van der Waals surface area contributed by atoms with Crippen LogP contribution < -0.4 is 0 Å². The summed E-state index contributed by atoms with van der Waals surface area (Å²) in [6.45, 7) is 0. The number of halogens is 1. The van der Waals surface area contributed by atoms with E-state index in [0.29, 0.717) is 11.1 Å². The predicted octanol–water partition coefficient (Wildman–Crippen LogP) is 2.53. The number of hydrogen-bond acceptors (Lipinski definition) is 1. The van der Waals surface area contributed by atoms with Gasteiger partial charge in [-0.3, -0.25) is 0 Å². The lowest BCUT2D eigenvalue weighted by Crippen LogP contribution is -2.02. The summed E-state index contributed by atoms with van der Waals surface area (Å²) in [4.78, 5) is 10.8. The van der Waals surface area contributed by atoms with E-state index in [0.717, 1.165) is 0 Å². The molecule has 1 aromatic carbocycles. The second-order valence-corrected chi connectivity index (χ2v) is 3.51. The van der Waals surface area contributed by atoms with E-state index in [2.05, 4.69) is 0 Å². The number of aromatic carboxylic acids is 1. The van der Waals surface area contributed by atoms with Crippen LogP contribution in [0, 0.1) is 5.82 Å². The first-order valence-corrected chi connectivity index (χ1v) is 4.74. The number of aryl methyl sites for hydroxylation is 1. The number of nitrogens with zero attached hydrogens (tertiary/aromatic N) is 1. The van der Waals surface area contributed by atoms with Crippen LogP contribution in [0.4, 0.5) is 4.39 Å². The van der Waals surface area contributed by atoms with Crippen molar-refractivity contribution in [3.05, 3.63) is 48.0 Å². The highest BCUT2D eigenvalue weighted by Crippen LogP contribution is 2.24. The molecule has 0 atom stereocenters. The third kappa shape index (κ3) is 1.69. The molecule has 0 aliphatic carbocycles. The molecule has 0 unspecified atom stereocenters. The molecule has 4 heteroatoms. The van der Waals surface area contributed by atoms with Gasteiger partial charge in [0.25, 0.3) is 0 Å². The summed E-state index contributed by atoms with van der Waals surface area (Å²) in [5.41, 5.74) is 1.11. The Morgan fingerprint density at radius 3 is 2.62 bits per heavy atom.